The summed E-state index contributed by atoms with van der Waals surface area (Å²) in [6.07, 6.45) is -4.72. The van der Waals surface area contributed by atoms with E-state index in [-0.39, 0.29) is 30.6 Å². The summed E-state index contributed by atoms with van der Waals surface area (Å²) in [4.78, 5) is 13.7. The van der Waals surface area contributed by atoms with Gasteiger partial charge in [0.05, 0.1) is 19.8 Å². The van der Waals surface area contributed by atoms with Gasteiger partial charge in [-0.3, -0.25) is 9.69 Å². The Labute approximate surface area is 131 Å². The van der Waals surface area contributed by atoms with Crippen LogP contribution in [0.15, 0.2) is 24.3 Å². The zero-order valence-corrected chi connectivity index (χ0v) is 12.3. The van der Waals surface area contributed by atoms with Crippen molar-refractivity contribution in [2.24, 2.45) is 0 Å². The highest BCUT2D eigenvalue weighted by molar-refractivity contribution is 5.92. The summed E-state index contributed by atoms with van der Waals surface area (Å²) in [5.74, 6) is -0.546. The summed E-state index contributed by atoms with van der Waals surface area (Å²) in [5, 5.41) is 2.62. The molecule has 1 saturated heterocycles. The van der Waals surface area contributed by atoms with Crippen molar-refractivity contribution in [3.63, 3.8) is 0 Å². The molecule has 0 atom stereocenters. The van der Waals surface area contributed by atoms with Gasteiger partial charge in [0.1, 0.15) is 5.75 Å². The molecule has 1 N–H and O–H groups in total. The van der Waals surface area contributed by atoms with E-state index in [2.05, 4.69) is 10.1 Å². The minimum Gasteiger partial charge on any atom is -1.00 e. The molecule has 0 spiro atoms. The summed E-state index contributed by atoms with van der Waals surface area (Å²) in [6.45, 7) is 2.79. The summed E-state index contributed by atoms with van der Waals surface area (Å²) >= 11 is 0. The number of rotatable bonds is 4. The van der Waals surface area contributed by atoms with Crippen molar-refractivity contribution in [2.75, 3.05) is 38.2 Å². The van der Waals surface area contributed by atoms with Crippen molar-refractivity contribution in [1.29, 1.82) is 0 Å². The van der Waals surface area contributed by atoms with E-state index < -0.39 is 6.36 Å². The van der Waals surface area contributed by atoms with Gasteiger partial charge in [0.2, 0.25) is 5.91 Å². The number of carbonyl (C=O) groups is 1. The van der Waals surface area contributed by atoms with E-state index in [1.807, 2.05) is 4.90 Å². The summed E-state index contributed by atoms with van der Waals surface area (Å²) in [7, 11) is 0. The van der Waals surface area contributed by atoms with E-state index in [1.165, 1.54) is 12.1 Å². The number of anilines is 1. The van der Waals surface area contributed by atoms with Gasteiger partial charge >= 0.3 is 6.36 Å². The summed E-state index contributed by atoms with van der Waals surface area (Å²) in [6, 6.07) is 5.02. The van der Waals surface area contributed by atoms with E-state index in [0.717, 1.165) is 12.1 Å². The number of alkyl halides is 3. The molecule has 1 fully saturated rings. The Bertz CT molecular complexity index is 476. The van der Waals surface area contributed by atoms with Crippen LogP contribution in [0.25, 0.3) is 0 Å². The number of morpholine rings is 1. The fraction of sp³-hybridized carbons (Fsp3) is 0.462. The third-order valence-corrected chi connectivity index (χ3v) is 2.84. The molecule has 5 nitrogen and oxygen atoms in total. The number of ether oxygens (including phenoxy) is 2. The minimum atomic E-state index is -4.72. The van der Waals surface area contributed by atoms with Crippen LogP contribution in [-0.4, -0.2) is 50.0 Å². The van der Waals surface area contributed by atoms with Gasteiger partial charge in [-0.05, 0) is 24.3 Å². The Morgan fingerprint density at radius 1 is 1.23 bits per heavy atom. The Hall–Kier alpha value is -1.51. The lowest BCUT2D eigenvalue weighted by Crippen LogP contribution is -3.00. The molecule has 1 aliphatic heterocycles. The quantitative estimate of drug-likeness (QED) is 0.753. The van der Waals surface area contributed by atoms with E-state index in [9.17, 15) is 18.0 Å². The van der Waals surface area contributed by atoms with E-state index in [0.29, 0.717) is 32.0 Å². The van der Waals surface area contributed by atoms with E-state index >= 15 is 0 Å². The monoisotopic (exact) mass is 339 g/mol. The highest BCUT2D eigenvalue weighted by atomic mass is 35.5. The second-order valence-corrected chi connectivity index (χ2v) is 4.51. The molecule has 1 aromatic carbocycles. The highest BCUT2D eigenvalue weighted by Gasteiger charge is 2.30. The lowest BCUT2D eigenvalue weighted by atomic mass is 10.3. The highest BCUT2D eigenvalue weighted by Crippen LogP contribution is 2.23. The van der Waals surface area contributed by atoms with Gasteiger partial charge < -0.3 is 27.2 Å². The fourth-order valence-corrected chi connectivity index (χ4v) is 1.90. The number of hydrogen-bond donors (Lipinski definition) is 1. The molecule has 0 saturated carbocycles. The Kier molecular flexibility index (Phi) is 6.92. The molecule has 124 valence electrons. The topological polar surface area (TPSA) is 50.8 Å². The Morgan fingerprint density at radius 3 is 2.36 bits per heavy atom. The van der Waals surface area contributed by atoms with Crippen LogP contribution in [0.2, 0.25) is 0 Å². The predicted molar refractivity (Wildman–Crippen MR) is 69.0 cm³/mol. The van der Waals surface area contributed by atoms with Crippen molar-refractivity contribution in [1.82, 2.24) is 4.90 Å². The van der Waals surface area contributed by atoms with Crippen LogP contribution in [0.3, 0.4) is 0 Å². The van der Waals surface area contributed by atoms with Gasteiger partial charge in [0.15, 0.2) is 0 Å². The van der Waals surface area contributed by atoms with Gasteiger partial charge in [0.25, 0.3) is 0 Å². The first-order valence-electron chi connectivity index (χ1n) is 6.38. The van der Waals surface area contributed by atoms with Crippen LogP contribution in [0.4, 0.5) is 18.9 Å². The van der Waals surface area contributed by atoms with Crippen molar-refractivity contribution in [3.8, 4) is 5.75 Å². The third-order valence-electron chi connectivity index (χ3n) is 2.84. The summed E-state index contributed by atoms with van der Waals surface area (Å²) < 4.78 is 44.9. The van der Waals surface area contributed by atoms with Crippen LogP contribution in [0.5, 0.6) is 5.75 Å². The molecule has 0 bridgehead atoms. The maximum Gasteiger partial charge on any atom is 0.573 e. The maximum atomic E-state index is 12.0. The van der Waals surface area contributed by atoms with Crippen molar-refractivity contribution in [2.45, 2.75) is 6.36 Å². The first-order chi connectivity index (χ1) is 9.92. The number of nitrogens with zero attached hydrogens (tertiary/aromatic N) is 1. The number of amides is 1. The normalized spacial score (nSPS) is 15.8. The van der Waals surface area contributed by atoms with Crippen LogP contribution < -0.4 is 22.5 Å². The van der Waals surface area contributed by atoms with Gasteiger partial charge in [0, 0.05) is 18.8 Å². The number of nitrogens with one attached hydrogen (secondary N) is 1. The van der Waals surface area contributed by atoms with Gasteiger partial charge in [-0.15, -0.1) is 13.2 Å². The number of halogens is 4. The summed E-state index contributed by atoms with van der Waals surface area (Å²) in [5.41, 5.74) is 0.419. The first kappa shape index (κ1) is 18.5. The molecular formula is C13H15ClF3N2O3-. The molecular weight excluding hydrogens is 325 g/mol. The van der Waals surface area contributed by atoms with Crippen molar-refractivity contribution in [3.05, 3.63) is 24.3 Å². The van der Waals surface area contributed by atoms with Gasteiger partial charge in [-0.1, -0.05) is 0 Å². The van der Waals surface area contributed by atoms with E-state index in [4.69, 9.17) is 4.74 Å². The predicted octanol–water partition coefficient (Wildman–Crippen LogP) is -1.14. The lowest BCUT2D eigenvalue weighted by molar-refractivity contribution is -0.274. The second kappa shape index (κ2) is 8.21. The molecule has 2 rings (SSSR count). The molecule has 0 radical (unpaired) electrons. The minimum absolute atomic E-state index is 0. The number of hydrogen-bond acceptors (Lipinski definition) is 4. The molecule has 22 heavy (non-hydrogen) atoms. The molecule has 9 heteroatoms. The molecule has 1 heterocycles. The molecule has 0 aromatic heterocycles. The van der Waals surface area contributed by atoms with Gasteiger partial charge in [-0.25, -0.2) is 0 Å². The maximum absolute atomic E-state index is 12.0. The standard InChI is InChI=1S/C13H15F3N2O3.ClH/c14-13(15,16)21-11-3-1-10(2-4-11)17-12(19)9-18-5-7-20-8-6-18;/h1-4H,5-9H2,(H,17,19);1H/p-1. The van der Waals surface area contributed by atoms with Crippen LogP contribution in [-0.2, 0) is 9.53 Å². The number of carbonyl (C=O) groups excluding carboxylic acids is 1. The molecule has 0 unspecified atom stereocenters. The SMILES string of the molecule is O=C(CN1CCOCC1)Nc1ccc(OC(F)(F)F)cc1.[Cl-]. The fourth-order valence-electron chi connectivity index (χ4n) is 1.90. The molecule has 1 aromatic rings. The Balaban J connectivity index is 0.00000242. The van der Waals surface area contributed by atoms with Crippen LogP contribution in [0, 0.1) is 0 Å². The van der Waals surface area contributed by atoms with Gasteiger partial charge in [-0.2, -0.15) is 0 Å². The first-order valence-corrected chi connectivity index (χ1v) is 6.38. The zero-order chi connectivity index (χ0) is 15.3. The zero-order valence-electron chi connectivity index (χ0n) is 11.5. The number of benzene rings is 1. The molecule has 1 aliphatic rings. The van der Waals surface area contributed by atoms with Crippen LogP contribution in [0.1, 0.15) is 0 Å². The third kappa shape index (κ3) is 6.50. The van der Waals surface area contributed by atoms with Crippen LogP contribution >= 0.6 is 0 Å². The van der Waals surface area contributed by atoms with E-state index in [1.54, 1.807) is 0 Å². The molecule has 1 amide bonds. The largest absolute Gasteiger partial charge is 1.00 e. The molecule has 0 aliphatic carbocycles. The Morgan fingerprint density at radius 2 is 1.82 bits per heavy atom. The average Bonchev–Trinajstić information content (AvgIpc) is 2.40. The second-order valence-electron chi connectivity index (χ2n) is 4.51. The van der Waals surface area contributed by atoms with Crippen molar-refractivity contribution >= 4 is 11.6 Å². The smallest absolute Gasteiger partial charge is 0.573 e. The van der Waals surface area contributed by atoms with Crippen molar-refractivity contribution < 1.29 is 39.8 Å². The lowest BCUT2D eigenvalue weighted by Gasteiger charge is -2.25. The average molecular weight is 340 g/mol.